The van der Waals surface area contributed by atoms with Crippen molar-refractivity contribution in [2.45, 2.75) is 20.8 Å². The Bertz CT molecular complexity index is 458. The second-order valence-corrected chi connectivity index (χ2v) is 3.56. The molecule has 0 radical (unpaired) electrons. The van der Waals surface area contributed by atoms with Crippen LogP contribution in [0.15, 0.2) is 24.4 Å². The molecule has 0 aliphatic heterocycles. The first-order chi connectivity index (χ1) is 6.18. The Balaban J connectivity index is 2.87. The van der Waals surface area contributed by atoms with Crippen LogP contribution in [-0.4, -0.2) is 4.98 Å². The molecule has 0 bridgehead atoms. The van der Waals surface area contributed by atoms with E-state index in [1.165, 1.54) is 21.9 Å². The van der Waals surface area contributed by atoms with Gasteiger partial charge in [0.2, 0.25) is 0 Å². The van der Waals surface area contributed by atoms with Gasteiger partial charge in [0.05, 0.1) is 0 Å². The predicted molar refractivity (Wildman–Crippen MR) is 56.0 cm³/mol. The number of aromatic nitrogens is 1. The predicted octanol–water partition coefficient (Wildman–Crippen LogP) is 3.16. The van der Waals surface area contributed by atoms with Gasteiger partial charge in [0.15, 0.2) is 0 Å². The van der Waals surface area contributed by atoms with Gasteiger partial charge < -0.3 is 0 Å². The summed E-state index contributed by atoms with van der Waals surface area (Å²) in [5, 5.41) is 2.56. The number of rotatable bonds is 0. The largest absolute Gasteiger partial charge is 0.261 e. The average molecular weight is 171 g/mol. The first-order valence-corrected chi connectivity index (χ1v) is 4.51. The molecular formula is C12H13N. The van der Waals surface area contributed by atoms with Gasteiger partial charge in [-0.3, -0.25) is 4.98 Å². The summed E-state index contributed by atoms with van der Waals surface area (Å²) in [4.78, 5) is 4.35. The van der Waals surface area contributed by atoms with Gasteiger partial charge in [0.1, 0.15) is 0 Å². The van der Waals surface area contributed by atoms with E-state index >= 15 is 0 Å². The first kappa shape index (κ1) is 8.24. The molecule has 1 aromatic heterocycles. The maximum Gasteiger partial charge on any atom is 0.0408 e. The van der Waals surface area contributed by atoms with Gasteiger partial charge in [-0.15, -0.1) is 0 Å². The summed E-state index contributed by atoms with van der Waals surface area (Å²) in [6.07, 6.45) is 1.95. The zero-order chi connectivity index (χ0) is 9.42. The van der Waals surface area contributed by atoms with Gasteiger partial charge in [0, 0.05) is 17.3 Å². The number of benzene rings is 1. The standard InChI is InChI=1S/C12H13N/c1-8-4-5-12-9(2)10(3)13-7-11(12)6-8/h4-7H,1-3H3. The Morgan fingerprint density at radius 2 is 1.85 bits per heavy atom. The Morgan fingerprint density at radius 1 is 1.08 bits per heavy atom. The third kappa shape index (κ3) is 1.31. The molecule has 2 aromatic rings. The first-order valence-electron chi connectivity index (χ1n) is 4.51. The number of pyridine rings is 1. The summed E-state index contributed by atoms with van der Waals surface area (Å²) < 4.78 is 0. The lowest BCUT2D eigenvalue weighted by molar-refractivity contribution is 1.18. The van der Waals surface area contributed by atoms with Crippen molar-refractivity contribution in [1.82, 2.24) is 4.98 Å². The van der Waals surface area contributed by atoms with E-state index in [1.807, 2.05) is 6.20 Å². The van der Waals surface area contributed by atoms with Crippen molar-refractivity contribution in [1.29, 1.82) is 0 Å². The maximum absolute atomic E-state index is 4.35. The molecule has 13 heavy (non-hydrogen) atoms. The third-order valence-electron chi connectivity index (χ3n) is 2.55. The average Bonchev–Trinajstić information content (AvgIpc) is 2.12. The van der Waals surface area contributed by atoms with Crippen LogP contribution in [0.5, 0.6) is 0 Å². The lowest BCUT2D eigenvalue weighted by atomic mass is 10.0. The Kier molecular flexibility index (Phi) is 1.80. The van der Waals surface area contributed by atoms with Crippen molar-refractivity contribution in [3.63, 3.8) is 0 Å². The molecule has 0 atom stereocenters. The molecule has 0 saturated heterocycles. The minimum absolute atomic E-state index is 1.12. The lowest BCUT2D eigenvalue weighted by Crippen LogP contribution is -1.88. The Labute approximate surface area is 78.4 Å². The van der Waals surface area contributed by atoms with Crippen molar-refractivity contribution >= 4 is 10.8 Å². The monoisotopic (exact) mass is 171 g/mol. The van der Waals surface area contributed by atoms with Crippen LogP contribution in [0.25, 0.3) is 10.8 Å². The van der Waals surface area contributed by atoms with E-state index in [0.29, 0.717) is 0 Å². The minimum Gasteiger partial charge on any atom is -0.261 e. The van der Waals surface area contributed by atoms with Gasteiger partial charge >= 0.3 is 0 Å². The molecule has 0 aliphatic carbocycles. The van der Waals surface area contributed by atoms with E-state index in [-0.39, 0.29) is 0 Å². The molecule has 0 fully saturated rings. The molecule has 0 aliphatic rings. The van der Waals surface area contributed by atoms with Gasteiger partial charge in [0.25, 0.3) is 0 Å². The topological polar surface area (TPSA) is 12.9 Å². The van der Waals surface area contributed by atoms with Crippen LogP contribution in [0.2, 0.25) is 0 Å². The summed E-state index contributed by atoms with van der Waals surface area (Å²) in [7, 11) is 0. The maximum atomic E-state index is 4.35. The second-order valence-electron chi connectivity index (χ2n) is 3.56. The van der Waals surface area contributed by atoms with Crippen LogP contribution in [-0.2, 0) is 0 Å². The summed E-state index contributed by atoms with van der Waals surface area (Å²) >= 11 is 0. The van der Waals surface area contributed by atoms with E-state index in [9.17, 15) is 0 Å². The summed E-state index contributed by atoms with van der Waals surface area (Å²) in [5.41, 5.74) is 3.70. The number of nitrogens with zero attached hydrogens (tertiary/aromatic N) is 1. The number of fused-ring (bicyclic) bond motifs is 1. The van der Waals surface area contributed by atoms with E-state index in [2.05, 4.69) is 44.0 Å². The minimum atomic E-state index is 1.12. The molecular weight excluding hydrogens is 158 g/mol. The highest BCUT2D eigenvalue weighted by Crippen LogP contribution is 2.20. The van der Waals surface area contributed by atoms with Crippen molar-refractivity contribution in [2.75, 3.05) is 0 Å². The normalized spacial score (nSPS) is 10.7. The zero-order valence-electron chi connectivity index (χ0n) is 8.26. The smallest absolute Gasteiger partial charge is 0.0408 e. The van der Waals surface area contributed by atoms with Gasteiger partial charge in [-0.25, -0.2) is 0 Å². The quantitative estimate of drug-likeness (QED) is 0.593. The fourth-order valence-electron chi connectivity index (χ4n) is 1.59. The van der Waals surface area contributed by atoms with Crippen LogP contribution in [0, 0.1) is 20.8 Å². The Hall–Kier alpha value is -1.37. The van der Waals surface area contributed by atoms with E-state index in [4.69, 9.17) is 0 Å². The van der Waals surface area contributed by atoms with Gasteiger partial charge in [-0.2, -0.15) is 0 Å². The van der Waals surface area contributed by atoms with E-state index in [0.717, 1.165) is 5.69 Å². The highest BCUT2D eigenvalue weighted by Gasteiger charge is 2.00. The molecule has 0 amide bonds. The van der Waals surface area contributed by atoms with Gasteiger partial charge in [-0.05, 0) is 37.8 Å². The fourth-order valence-corrected chi connectivity index (χ4v) is 1.59. The molecule has 0 saturated carbocycles. The van der Waals surface area contributed by atoms with Crippen LogP contribution in [0.3, 0.4) is 0 Å². The van der Waals surface area contributed by atoms with Crippen molar-refractivity contribution in [3.05, 3.63) is 41.2 Å². The molecule has 66 valence electrons. The summed E-state index contributed by atoms with van der Waals surface area (Å²) in [6.45, 7) is 6.28. The van der Waals surface area contributed by atoms with Crippen LogP contribution in [0.1, 0.15) is 16.8 Å². The van der Waals surface area contributed by atoms with Gasteiger partial charge in [-0.1, -0.05) is 17.7 Å². The molecule has 1 heteroatoms. The molecule has 0 N–H and O–H groups in total. The number of aryl methyl sites for hydroxylation is 3. The van der Waals surface area contributed by atoms with Crippen molar-refractivity contribution in [2.24, 2.45) is 0 Å². The highest BCUT2D eigenvalue weighted by molar-refractivity contribution is 5.85. The molecule has 1 heterocycles. The molecule has 1 nitrogen and oxygen atoms in total. The van der Waals surface area contributed by atoms with Crippen LogP contribution < -0.4 is 0 Å². The van der Waals surface area contributed by atoms with E-state index in [1.54, 1.807) is 0 Å². The van der Waals surface area contributed by atoms with Crippen LogP contribution in [0.4, 0.5) is 0 Å². The second kappa shape index (κ2) is 2.84. The third-order valence-corrected chi connectivity index (χ3v) is 2.55. The summed E-state index contributed by atoms with van der Waals surface area (Å²) in [5.74, 6) is 0. The van der Waals surface area contributed by atoms with Crippen molar-refractivity contribution < 1.29 is 0 Å². The lowest BCUT2D eigenvalue weighted by Gasteiger charge is -2.04. The molecule has 0 unspecified atom stereocenters. The fraction of sp³-hybridized carbons (Fsp3) is 0.250. The van der Waals surface area contributed by atoms with E-state index < -0.39 is 0 Å². The molecule has 0 spiro atoms. The zero-order valence-corrected chi connectivity index (χ0v) is 8.26. The SMILES string of the molecule is Cc1ccc2c(C)c(C)ncc2c1. The number of hydrogen-bond donors (Lipinski definition) is 0. The molecule has 2 rings (SSSR count). The number of hydrogen-bond acceptors (Lipinski definition) is 1. The Morgan fingerprint density at radius 3 is 2.62 bits per heavy atom. The summed E-state index contributed by atoms with van der Waals surface area (Å²) in [6, 6.07) is 6.50. The molecule has 1 aromatic carbocycles. The van der Waals surface area contributed by atoms with Crippen LogP contribution >= 0.6 is 0 Å². The van der Waals surface area contributed by atoms with Crippen molar-refractivity contribution in [3.8, 4) is 0 Å². The highest BCUT2D eigenvalue weighted by atomic mass is 14.7.